The summed E-state index contributed by atoms with van der Waals surface area (Å²) in [6, 6.07) is 3.92. The van der Waals surface area contributed by atoms with Gasteiger partial charge in [0.15, 0.2) is 5.69 Å². The van der Waals surface area contributed by atoms with E-state index in [1.165, 1.54) is 17.0 Å². The first-order valence-electron chi connectivity index (χ1n) is 11.8. The number of hydrogen-bond donors (Lipinski definition) is 0. The van der Waals surface area contributed by atoms with Gasteiger partial charge in [0.2, 0.25) is 0 Å². The second-order valence-electron chi connectivity index (χ2n) is 8.95. The number of esters is 1. The number of fused-ring (bicyclic) bond motifs is 1. The van der Waals surface area contributed by atoms with Gasteiger partial charge in [0.1, 0.15) is 11.9 Å². The van der Waals surface area contributed by atoms with Gasteiger partial charge < -0.3 is 14.4 Å². The van der Waals surface area contributed by atoms with Gasteiger partial charge in [-0.05, 0) is 51.2 Å². The third-order valence-electron chi connectivity index (χ3n) is 6.56. The summed E-state index contributed by atoms with van der Waals surface area (Å²) in [7, 11) is 0. The molecule has 1 aliphatic heterocycles. The minimum Gasteiger partial charge on any atom is -0.466 e. The highest BCUT2D eigenvalue weighted by Crippen LogP contribution is 2.36. The third kappa shape index (κ3) is 5.77. The molecule has 0 unspecified atom stereocenters. The van der Waals surface area contributed by atoms with E-state index in [9.17, 15) is 27.2 Å². The van der Waals surface area contributed by atoms with Crippen LogP contribution in [0, 0.1) is 11.7 Å². The smallest absolute Gasteiger partial charge is 0.435 e. The zero-order chi connectivity index (χ0) is 26.0. The Hall–Kier alpha value is -2.82. The zero-order valence-corrected chi connectivity index (χ0v) is 20.4. The summed E-state index contributed by atoms with van der Waals surface area (Å²) in [5.41, 5.74) is -0.726. The van der Waals surface area contributed by atoms with Gasteiger partial charge in [-0.15, -0.1) is 0 Å². The zero-order valence-electron chi connectivity index (χ0n) is 19.6. The number of alkyl halides is 3. The lowest BCUT2D eigenvalue weighted by molar-refractivity contribution is -0.149. The Kier molecular flexibility index (Phi) is 7.77. The van der Waals surface area contributed by atoms with Crippen LogP contribution in [0.25, 0.3) is 0 Å². The van der Waals surface area contributed by atoms with Crippen LogP contribution in [0.2, 0.25) is 5.02 Å². The van der Waals surface area contributed by atoms with Crippen LogP contribution in [0.1, 0.15) is 55.1 Å². The summed E-state index contributed by atoms with van der Waals surface area (Å²) in [5, 5.41) is 3.91. The van der Waals surface area contributed by atoms with E-state index in [1.54, 1.807) is 6.92 Å². The maximum absolute atomic E-state index is 14.3. The maximum atomic E-state index is 14.3. The highest BCUT2D eigenvalue weighted by Gasteiger charge is 2.41. The average molecular weight is 532 g/mol. The molecule has 1 aromatic heterocycles. The lowest BCUT2D eigenvalue weighted by atomic mass is 9.87. The largest absolute Gasteiger partial charge is 0.466 e. The Labute approximate surface area is 210 Å². The van der Waals surface area contributed by atoms with E-state index >= 15 is 0 Å². The van der Waals surface area contributed by atoms with Gasteiger partial charge in [0, 0.05) is 22.7 Å². The van der Waals surface area contributed by atoms with Crippen molar-refractivity contribution in [3.63, 3.8) is 0 Å². The molecule has 2 heterocycles. The van der Waals surface area contributed by atoms with Gasteiger partial charge in [-0.25, -0.2) is 9.18 Å². The van der Waals surface area contributed by atoms with E-state index in [0.29, 0.717) is 32.3 Å². The van der Waals surface area contributed by atoms with Crippen molar-refractivity contribution in [2.45, 2.75) is 64.4 Å². The van der Waals surface area contributed by atoms with Crippen LogP contribution in [0.4, 0.5) is 22.4 Å². The number of hydrogen-bond acceptors (Lipinski definition) is 5. The second-order valence-corrected chi connectivity index (χ2v) is 9.38. The van der Waals surface area contributed by atoms with Crippen molar-refractivity contribution in [3.8, 4) is 0 Å². The highest BCUT2D eigenvalue weighted by molar-refractivity contribution is 6.30. The quantitative estimate of drug-likeness (QED) is 0.384. The third-order valence-corrected chi connectivity index (χ3v) is 6.80. The predicted octanol–water partition coefficient (Wildman–Crippen LogP) is 5.36. The van der Waals surface area contributed by atoms with Crippen molar-refractivity contribution in [1.29, 1.82) is 0 Å². The molecule has 0 saturated heterocycles. The molecule has 4 rings (SSSR count). The topological polar surface area (TPSA) is 73.7 Å². The molecule has 2 aliphatic rings. The van der Waals surface area contributed by atoms with E-state index in [4.69, 9.17) is 21.1 Å². The Morgan fingerprint density at radius 1 is 1.19 bits per heavy atom. The number of nitrogens with zero attached hydrogens (tertiary/aromatic N) is 3. The van der Waals surface area contributed by atoms with Crippen molar-refractivity contribution in [1.82, 2.24) is 14.7 Å². The molecule has 0 atom stereocenters. The van der Waals surface area contributed by atoms with Crippen molar-refractivity contribution < 1.29 is 36.6 Å². The summed E-state index contributed by atoms with van der Waals surface area (Å²) in [6.45, 7) is 1.69. The van der Waals surface area contributed by atoms with Crippen LogP contribution in [0.5, 0.6) is 0 Å². The molecule has 12 heteroatoms. The number of carbonyl (C=O) groups excluding carboxylic acids is 2. The molecule has 1 aromatic carbocycles. The van der Waals surface area contributed by atoms with Gasteiger partial charge in [0.05, 0.1) is 31.3 Å². The number of carbonyl (C=O) groups is 2. The average Bonchev–Trinajstić information content (AvgIpc) is 3.20. The van der Waals surface area contributed by atoms with Gasteiger partial charge in [-0.1, -0.05) is 17.7 Å². The fourth-order valence-electron chi connectivity index (χ4n) is 4.70. The van der Waals surface area contributed by atoms with E-state index in [1.807, 2.05) is 0 Å². The lowest BCUT2D eigenvalue weighted by Crippen LogP contribution is -2.40. The van der Waals surface area contributed by atoms with Gasteiger partial charge >= 0.3 is 18.2 Å². The molecule has 196 valence electrons. The van der Waals surface area contributed by atoms with Crippen LogP contribution in [0.15, 0.2) is 18.2 Å². The first kappa shape index (κ1) is 26.2. The molecule has 0 spiro atoms. The number of halogens is 5. The molecule has 1 amide bonds. The van der Waals surface area contributed by atoms with Crippen LogP contribution in [0.3, 0.4) is 0 Å². The minimum atomic E-state index is -4.69. The molecule has 0 bridgehead atoms. The Morgan fingerprint density at radius 2 is 1.92 bits per heavy atom. The summed E-state index contributed by atoms with van der Waals surface area (Å²) < 4.78 is 67.0. The normalized spacial score (nSPS) is 20.1. The van der Waals surface area contributed by atoms with Crippen molar-refractivity contribution in [2.75, 3.05) is 13.2 Å². The second kappa shape index (κ2) is 10.7. The first-order chi connectivity index (χ1) is 17.1. The van der Waals surface area contributed by atoms with Crippen molar-refractivity contribution in [3.05, 3.63) is 51.6 Å². The maximum Gasteiger partial charge on any atom is 0.435 e. The molecule has 2 aromatic rings. The van der Waals surface area contributed by atoms with Crippen LogP contribution in [-0.4, -0.2) is 46.0 Å². The van der Waals surface area contributed by atoms with Crippen molar-refractivity contribution in [2.24, 2.45) is 5.92 Å². The van der Waals surface area contributed by atoms with Crippen LogP contribution in [-0.2, 0) is 40.0 Å². The minimum absolute atomic E-state index is 0.00383. The molecular weight excluding hydrogens is 506 g/mol. The number of rotatable bonds is 5. The molecule has 36 heavy (non-hydrogen) atoms. The van der Waals surface area contributed by atoms with Crippen LogP contribution >= 0.6 is 11.6 Å². The summed E-state index contributed by atoms with van der Waals surface area (Å²) in [5.74, 6) is -1.14. The van der Waals surface area contributed by atoms with E-state index in [0.717, 1.165) is 10.7 Å². The molecule has 1 fully saturated rings. The lowest BCUT2D eigenvalue weighted by Gasteiger charge is -2.31. The summed E-state index contributed by atoms with van der Waals surface area (Å²) in [4.78, 5) is 26.1. The fourth-order valence-corrected chi connectivity index (χ4v) is 4.86. The first-order valence-corrected chi connectivity index (χ1v) is 12.2. The predicted molar refractivity (Wildman–Crippen MR) is 121 cm³/mol. The molecular formula is C24H26ClF4N3O4. The van der Waals surface area contributed by atoms with Gasteiger partial charge in [-0.3, -0.25) is 9.48 Å². The Balaban J connectivity index is 1.47. The highest BCUT2D eigenvalue weighted by atomic mass is 35.5. The van der Waals surface area contributed by atoms with Gasteiger partial charge in [-0.2, -0.15) is 18.3 Å². The SMILES string of the molecule is CCOC(=O)C1CCC(OC(=O)N2CCc3c(C(F)(F)F)nn(Cc4ccc(Cl)cc4F)c3C2)CC1. The van der Waals surface area contributed by atoms with E-state index < -0.39 is 23.8 Å². The number of ether oxygens (including phenoxy) is 2. The number of aromatic nitrogens is 2. The number of amides is 1. The van der Waals surface area contributed by atoms with E-state index in [-0.39, 0.29) is 65.9 Å². The summed E-state index contributed by atoms with van der Waals surface area (Å²) >= 11 is 5.78. The van der Waals surface area contributed by atoms with Gasteiger partial charge in [0.25, 0.3) is 0 Å². The molecule has 0 N–H and O–H groups in total. The van der Waals surface area contributed by atoms with E-state index in [2.05, 4.69) is 5.10 Å². The molecule has 1 saturated carbocycles. The summed E-state index contributed by atoms with van der Waals surface area (Å²) in [6.07, 6.45) is -3.69. The van der Waals surface area contributed by atoms with Crippen LogP contribution < -0.4 is 0 Å². The standard InChI is InChI=1S/C24H26ClF4N3O4/c1-2-35-22(33)14-4-7-17(8-5-14)36-23(34)31-10-9-18-20(13-31)32(30-21(18)24(27,28)29)12-15-3-6-16(25)11-19(15)26/h3,6,11,14,17H,2,4-5,7-10,12-13H2,1H3. The van der Waals surface area contributed by atoms with Crippen molar-refractivity contribution >= 4 is 23.7 Å². The monoisotopic (exact) mass is 531 g/mol. The Bertz CT molecular complexity index is 1130. The fraction of sp³-hybridized carbons (Fsp3) is 0.542. The Morgan fingerprint density at radius 3 is 2.56 bits per heavy atom. The molecule has 1 aliphatic carbocycles. The number of benzene rings is 1. The molecule has 0 radical (unpaired) electrons. The molecule has 7 nitrogen and oxygen atoms in total.